The summed E-state index contributed by atoms with van der Waals surface area (Å²) in [5, 5.41) is 5.17. The van der Waals surface area contributed by atoms with Crippen LogP contribution in [0.3, 0.4) is 0 Å². The van der Waals surface area contributed by atoms with E-state index in [2.05, 4.69) is 10.6 Å². The first-order valence-corrected chi connectivity index (χ1v) is 5.94. The Morgan fingerprint density at radius 3 is 2.78 bits per heavy atom. The molecule has 18 heavy (non-hydrogen) atoms. The Morgan fingerprint density at radius 1 is 1.22 bits per heavy atom. The molecule has 1 atom stereocenters. The molecule has 2 N–H and O–H groups in total. The molecule has 2 amide bonds. The number of hydrogen-bond donors (Lipinski definition) is 2. The maximum absolute atomic E-state index is 11.4. The Labute approximate surface area is 106 Å². The molecule has 0 radical (unpaired) electrons. The van der Waals surface area contributed by atoms with Gasteiger partial charge in [0.15, 0.2) is 0 Å². The van der Waals surface area contributed by atoms with Crippen molar-refractivity contribution in [2.75, 3.05) is 13.2 Å². The monoisotopic (exact) mass is 248 g/mol. The molecule has 96 valence electrons. The van der Waals surface area contributed by atoms with Gasteiger partial charge in [0.1, 0.15) is 6.04 Å². The average molecular weight is 248 g/mol. The predicted octanol–water partition coefficient (Wildman–Crippen LogP) is 0.208. The lowest BCUT2D eigenvalue weighted by Crippen LogP contribution is -2.56. The van der Waals surface area contributed by atoms with Gasteiger partial charge in [-0.15, -0.1) is 0 Å². The Kier molecular flexibility index (Phi) is 4.30. The number of rotatable bonds is 5. The number of carbonyl (C=O) groups is 2. The lowest BCUT2D eigenvalue weighted by molar-refractivity contribution is -0.134. The highest BCUT2D eigenvalue weighted by molar-refractivity contribution is 5.94. The minimum Gasteiger partial charge on any atom is -0.377 e. The molecule has 0 bridgehead atoms. The molecule has 0 saturated carbocycles. The summed E-state index contributed by atoms with van der Waals surface area (Å²) in [5.74, 6) is -0.291. The van der Waals surface area contributed by atoms with Crippen molar-refractivity contribution in [3.8, 4) is 0 Å². The predicted molar refractivity (Wildman–Crippen MR) is 65.7 cm³/mol. The van der Waals surface area contributed by atoms with Crippen LogP contribution in [0.2, 0.25) is 0 Å². The van der Waals surface area contributed by atoms with Crippen LogP contribution >= 0.6 is 0 Å². The lowest BCUT2D eigenvalue weighted by atomic mass is 10.1. The zero-order chi connectivity index (χ0) is 12.8. The highest BCUT2D eigenvalue weighted by Crippen LogP contribution is 2.03. The molecule has 1 saturated heterocycles. The number of ether oxygens (including phenoxy) is 1. The van der Waals surface area contributed by atoms with Gasteiger partial charge in [-0.3, -0.25) is 9.59 Å². The fraction of sp³-hybridized carbons (Fsp3) is 0.385. The zero-order valence-corrected chi connectivity index (χ0v) is 10.0. The molecule has 5 heteroatoms. The highest BCUT2D eigenvalue weighted by atomic mass is 16.5. The van der Waals surface area contributed by atoms with E-state index in [-0.39, 0.29) is 18.4 Å². The van der Waals surface area contributed by atoms with E-state index in [1.165, 1.54) is 0 Å². The molecule has 1 aliphatic heterocycles. The molecule has 5 nitrogen and oxygen atoms in total. The Hall–Kier alpha value is -1.88. The fourth-order valence-electron chi connectivity index (χ4n) is 1.77. The van der Waals surface area contributed by atoms with E-state index in [1.807, 2.05) is 30.3 Å². The Bertz CT molecular complexity index is 420. The quantitative estimate of drug-likeness (QED) is 0.732. The highest BCUT2D eigenvalue weighted by Gasteiger charge is 2.25. The van der Waals surface area contributed by atoms with Gasteiger partial charge in [0, 0.05) is 6.61 Å². The van der Waals surface area contributed by atoms with E-state index in [1.54, 1.807) is 0 Å². The second-order valence-corrected chi connectivity index (χ2v) is 4.16. The van der Waals surface area contributed by atoms with Crippen LogP contribution in [0.15, 0.2) is 30.3 Å². The maximum Gasteiger partial charge on any atom is 0.243 e. The van der Waals surface area contributed by atoms with Crippen molar-refractivity contribution in [1.82, 2.24) is 10.6 Å². The number of amides is 2. The van der Waals surface area contributed by atoms with Crippen molar-refractivity contribution in [3.63, 3.8) is 0 Å². The molecule has 1 aliphatic rings. The van der Waals surface area contributed by atoms with Gasteiger partial charge in [-0.1, -0.05) is 30.3 Å². The number of carbonyl (C=O) groups excluding carboxylic acids is 2. The third-order valence-electron chi connectivity index (χ3n) is 2.74. The van der Waals surface area contributed by atoms with E-state index >= 15 is 0 Å². The van der Waals surface area contributed by atoms with Gasteiger partial charge < -0.3 is 15.4 Å². The minimum absolute atomic E-state index is 0.0696. The van der Waals surface area contributed by atoms with Crippen molar-refractivity contribution in [1.29, 1.82) is 0 Å². The van der Waals surface area contributed by atoms with Crippen molar-refractivity contribution in [2.24, 2.45) is 0 Å². The van der Waals surface area contributed by atoms with E-state index in [4.69, 9.17) is 4.74 Å². The molecule has 1 fully saturated rings. The Morgan fingerprint density at radius 2 is 2.00 bits per heavy atom. The molecule has 1 aromatic carbocycles. The standard InChI is InChI=1S/C13H16N2O3/c16-12-8-14-13(17)11(15-12)6-7-18-9-10-4-2-1-3-5-10/h1-5,11H,6-9H2,(H,14,17)(H,15,16)/t11-/m1/s1. The molecule has 0 aliphatic carbocycles. The largest absolute Gasteiger partial charge is 0.377 e. The van der Waals surface area contributed by atoms with Crippen molar-refractivity contribution in [3.05, 3.63) is 35.9 Å². The van der Waals surface area contributed by atoms with Gasteiger partial charge >= 0.3 is 0 Å². The van der Waals surface area contributed by atoms with Gasteiger partial charge in [-0.05, 0) is 12.0 Å². The second kappa shape index (κ2) is 6.16. The summed E-state index contributed by atoms with van der Waals surface area (Å²) in [7, 11) is 0. The SMILES string of the molecule is O=C1CNC(=O)[C@@H](CCOCc2ccccc2)N1. The van der Waals surface area contributed by atoms with Crippen molar-refractivity contribution >= 4 is 11.8 Å². The molecule has 2 rings (SSSR count). The van der Waals surface area contributed by atoms with E-state index in [0.717, 1.165) is 5.56 Å². The molecule has 1 heterocycles. The smallest absolute Gasteiger partial charge is 0.243 e. The van der Waals surface area contributed by atoms with Gasteiger partial charge in [-0.2, -0.15) is 0 Å². The minimum atomic E-state index is -0.470. The van der Waals surface area contributed by atoms with Crippen molar-refractivity contribution < 1.29 is 14.3 Å². The summed E-state index contributed by atoms with van der Waals surface area (Å²) in [5.41, 5.74) is 1.09. The molecule has 1 aromatic rings. The first-order valence-electron chi connectivity index (χ1n) is 5.94. The van der Waals surface area contributed by atoms with Crippen LogP contribution in [0, 0.1) is 0 Å². The third kappa shape index (κ3) is 3.56. The van der Waals surface area contributed by atoms with E-state index in [0.29, 0.717) is 19.6 Å². The summed E-state index contributed by atoms with van der Waals surface area (Å²) < 4.78 is 5.47. The van der Waals surface area contributed by atoms with Gasteiger partial charge in [0.2, 0.25) is 11.8 Å². The van der Waals surface area contributed by atoms with Crippen LogP contribution in [0.1, 0.15) is 12.0 Å². The number of nitrogens with one attached hydrogen (secondary N) is 2. The first-order chi connectivity index (χ1) is 8.75. The fourth-order valence-corrected chi connectivity index (χ4v) is 1.77. The van der Waals surface area contributed by atoms with Crippen LogP contribution in [-0.2, 0) is 20.9 Å². The topological polar surface area (TPSA) is 67.4 Å². The van der Waals surface area contributed by atoms with Gasteiger partial charge in [0.25, 0.3) is 0 Å². The van der Waals surface area contributed by atoms with Crippen LogP contribution in [0.25, 0.3) is 0 Å². The summed E-state index contributed by atoms with van der Waals surface area (Å²) in [6.07, 6.45) is 0.490. The molecule has 0 unspecified atom stereocenters. The number of benzene rings is 1. The van der Waals surface area contributed by atoms with Crippen LogP contribution < -0.4 is 10.6 Å². The average Bonchev–Trinajstić information content (AvgIpc) is 2.40. The Balaban J connectivity index is 1.69. The summed E-state index contributed by atoms with van der Waals surface area (Å²) in [6.45, 7) is 1.02. The van der Waals surface area contributed by atoms with Crippen LogP contribution in [-0.4, -0.2) is 31.0 Å². The van der Waals surface area contributed by atoms with Gasteiger partial charge in [0.05, 0.1) is 13.2 Å². The summed E-state index contributed by atoms with van der Waals surface area (Å²) >= 11 is 0. The number of piperazine rings is 1. The lowest BCUT2D eigenvalue weighted by Gasteiger charge is -2.22. The van der Waals surface area contributed by atoms with E-state index in [9.17, 15) is 9.59 Å². The number of hydrogen-bond acceptors (Lipinski definition) is 3. The van der Waals surface area contributed by atoms with Crippen LogP contribution in [0.4, 0.5) is 0 Å². The maximum atomic E-state index is 11.4. The molecular weight excluding hydrogens is 232 g/mol. The summed E-state index contributed by atoms with van der Waals surface area (Å²) in [4.78, 5) is 22.5. The van der Waals surface area contributed by atoms with Gasteiger partial charge in [-0.25, -0.2) is 0 Å². The third-order valence-corrected chi connectivity index (χ3v) is 2.74. The normalized spacial score (nSPS) is 19.2. The molecule has 0 spiro atoms. The van der Waals surface area contributed by atoms with Crippen molar-refractivity contribution in [2.45, 2.75) is 19.1 Å². The van der Waals surface area contributed by atoms with E-state index < -0.39 is 6.04 Å². The summed E-state index contributed by atoms with van der Waals surface area (Å²) in [6, 6.07) is 9.35. The first kappa shape index (κ1) is 12.6. The molecular formula is C13H16N2O3. The molecule has 0 aromatic heterocycles. The second-order valence-electron chi connectivity index (χ2n) is 4.16. The zero-order valence-electron chi connectivity index (χ0n) is 10.0. The van der Waals surface area contributed by atoms with Crippen LogP contribution in [0.5, 0.6) is 0 Å².